The monoisotopic (exact) mass is 532 g/mol. The zero-order valence-corrected chi connectivity index (χ0v) is 24.2. The largest absolute Gasteiger partial charge is 1.00 e. The Hall–Kier alpha value is -1.93. The molecule has 2 aliphatic rings. The number of carbonyl (C=O) groups is 2. The molecule has 0 N–H and O–H groups in total. The van der Waals surface area contributed by atoms with Crippen LogP contribution in [0.5, 0.6) is 0 Å². The molecule has 0 bridgehead atoms. The van der Waals surface area contributed by atoms with Crippen molar-refractivity contribution in [2.45, 2.75) is 88.9 Å². The first-order chi connectivity index (χ1) is 17.4. The van der Waals surface area contributed by atoms with Crippen molar-refractivity contribution in [1.29, 1.82) is 0 Å². The third kappa shape index (κ3) is 6.75. The summed E-state index contributed by atoms with van der Waals surface area (Å²) in [5.41, 5.74) is 4.00. The summed E-state index contributed by atoms with van der Waals surface area (Å²) < 4.78 is 11.5. The van der Waals surface area contributed by atoms with E-state index in [-0.39, 0.29) is 66.9 Å². The molecule has 190 valence electrons. The molecule has 2 aliphatic carbocycles. The number of Topliss-reactive ketones (excluding diaryl/α,β-unsaturated/α-hetero) is 1. The average Bonchev–Trinajstić information content (AvgIpc) is 3.22. The summed E-state index contributed by atoms with van der Waals surface area (Å²) >= 11 is 6.34. The molecule has 2 aromatic heterocycles. The van der Waals surface area contributed by atoms with Gasteiger partial charge in [-0.2, -0.15) is 0 Å². The van der Waals surface area contributed by atoms with Crippen LogP contribution in [0.3, 0.4) is 0 Å². The minimum atomic E-state index is -1.15. The number of benzene rings is 1. The Bertz CT molecular complexity index is 1260. The summed E-state index contributed by atoms with van der Waals surface area (Å²) in [6.45, 7) is 1.95. The van der Waals surface area contributed by atoms with Crippen LogP contribution in [0.1, 0.15) is 104 Å². The average molecular weight is 533 g/mol. The fraction of sp³-hybridized carbons (Fsp3) is 0.500. The van der Waals surface area contributed by atoms with Crippen molar-refractivity contribution in [1.82, 2.24) is 10.3 Å². The second-order valence-electron chi connectivity index (χ2n) is 10.3. The molecular weight excluding hydrogens is 503 g/mol. The van der Waals surface area contributed by atoms with Gasteiger partial charge < -0.3 is 18.9 Å². The topological polar surface area (TPSA) is 109 Å². The number of halogens is 1. The van der Waals surface area contributed by atoms with Gasteiger partial charge in [0.1, 0.15) is 11.5 Å². The number of hydrogen-bond acceptors (Lipinski definition) is 7. The van der Waals surface area contributed by atoms with Crippen molar-refractivity contribution in [2.24, 2.45) is 0 Å². The summed E-state index contributed by atoms with van der Waals surface area (Å²) in [4.78, 5) is 24.4. The normalized spacial score (nSPS) is 16.5. The van der Waals surface area contributed by atoms with E-state index in [9.17, 15) is 14.7 Å². The van der Waals surface area contributed by atoms with E-state index in [1.54, 1.807) is 0 Å². The van der Waals surface area contributed by atoms with Crippen molar-refractivity contribution in [3.8, 4) is 11.5 Å². The Kier molecular flexibility index (Phi) is 9.33. The predicted molar refractivity (Wildman–Crippen MR) is 132 cm³/mol. The third-order valence-corrected chi connectivity index (χ3v) is 7.77. The van der Waals surface area contributed by atoms with Gasteiger partial charge in [-0.1, -0.05) is 46.9 Å². The van der Waals surface area contributed by atoms with Crippen LogP contribution in [0.2, 0.25) is 5.02 Å². The van der Waals surface area contributed by atoms with Gasteiger partial charge >= 0.3 is 29.6 Å². The first kappa shape index (κ1) is 28.1. The van der Waals surface area contributed by atoms with Crippen LogP contribution in [0.15, 0.2) is 33.3 Å². The number of carbonyl (C=O) groups excluding carboxylic acids is 2. The molecule has 3 aromatic rings. The maximum Gasteiger partial charge on any atom is 1.00 e. The molecule has 2 fully saturated rings. The summed E-state index contributed by atoms with van der Waals surface area (Å²) in [6.07, 6.45) is 7.00. The van der Waals surface area contributed by atoms with Crippen LogP contribution in [0.25, 0.3) is 11.5 Å². The Balaban J connectivity index is 0.00000320. The zero-order valence-electron chi connectivity index (χ0n) is 21.4. The molecule has 37 heavy (non-hydrogen) atoms. The number of carboxylic acids is 1. The van der Waals surface area contributed by atoms with Gasteiger partial charge in [-0.25, -0.2) is 0 Å². The van der Waals surface area contributed by atoms with E-state index in [1.165, 1.54) is 12.8 Å². The summed E-state index contributed by atoms with van der Waals surface area (Å²) in [7, 11) is 0. The molecule has 0 amide bonds. The second kappa shape index (κ2) is 12.3. The Morgan fingerprint density at radius 3 is 2.51 bits per heavy atom. The van der Waals surface area contributed by atoms with Crippen molar-refractivity contribution in [3.63, 3.8) is 0 Å². The van der Waals surface area contributed by atoms with Gasteiger partial charge in [-0.15, -0.1) is 0 Å². The fourth-order valence-electron chi connectivity index (χ4n) is 5.34. The van der Waals surface area contributed by atoms with Gasteiger partial charge in [0.25, 0.3) is 0 Å². The fourth-order valence-corrected chi connectivity index (χ4v) is 5.64. The molecule has 0 aliphatic heterocycles. The van der Waals surface area contributed by atoms with Crippen LogP contribution in [0.4, 0.5) is 0 Å². The molecule has 1 aromatic carbocycles. The van der Waals surface area contributed by atoms with E-state index in [2.05, 4.69) is 10.3 Å². The number of ketones is 1. The molecule has 2 saturated carbocycles. The molecule has 2 heterocycles. The first-order valence-electron chi connectivity index (χ1n) is 12.8. The van der Waals surface area contributed by atoms with E-state index in [0.717, 1.165) is 48.1 Å². The molecule has 1 atom stereocenters. The van der Waals surface area contributed by atoms with E-state index in [4.69, 9.17) is 20.6 Å². The molecule has 5 rings (SSSR count). The number of carboxylic acid groups (broad SMARTS) is 1. The minimum absolute atomic E-state index is 0. The molecule has 0 radical (unpaired) electrons. The summed E-state index contributed by atoms with van der Waals surface area (Å²) in [5, 5.41) is 20.5. The Morgan fingerprint density at radius 2 is 1.84 bits per heavy atom. The number of hydrogen-bond donors (Lipinski definition) is 0. The predicted octanol–water partition coefficient (Wildman–Crippen LogP) is 2.65. The van der Waals surface area contributed by atoms with Crippen molar-refractivity contribution in [3.05, 3.63) is 57.4 Å². The molecule has 0 spiro atoms. The third-order valence-electron chi connectivity index (χ3n) is 7.41. The van der Waals surface area contributed by atoms with Crippen LogP contribution < -0.4 is 34.7 Å². The maximum absolute atomic E-state index is 13.1. The number of nitrogens with zero attached hydrogens (tertiary/aromatic N) is 2. The van der Waals surface area contributed by atoms with E-state index in [1.807, 2.05) is 31.2 Å². The van der Waals surface area contributed by atoms with Crippen molar-refractivity contribution < 1.29 is 53.3 Å². The van der Waals surface area contributed by atoms with E-state index in [0.29, 0.717) is 28.1 Å². The number of aromatic nitrogens is 2. The quantitative estimate of drug-likeness (QED) is 0.349. The van der Waals surface area contributed by atoms with Crippen LogP contribution in [-0.2, 0) is 16.0 Å². The van der Waals surface area contributed by atoms with E-state index < -0.39 is 11.9 Å². The van der Waals surface area contributed by atoms with Crippen LogP contribution in [-0.4, -0.2) is 22.1 Å². The number of aryl methyl sites for hydroxylation is 1. The second-order valence-corrected chi connectivity index (χ2v) is 10.7. The Labute approximate surface area is 243 Å². The number of aliphatic carboxylic acids is 1. The smallest absolute Gasteiger partial charge is 0.550 e. The van der Waals surface area contributed by atoms with Gasteiger partial charge in [0.15, 0.2) is 11.5 Å². The Morgan fingerprint density at radius 1 is 1.08 bits per heavy atom. The molecule has 0 saturated heterocycles. The van der Waals surface area contributed by atoms with Gasteiger partial charge in [0.05, 0.1) is 5.69 Å². The standard InChI is InChI=1S/C28H31ClN2O5.Na/c1-16-6-7-19(22(29)12-16)13-21(32)14-20(10-11-25(33)34)27-26(18-8-9-18)28(36-31-27)23-15-24(35-30-23)17-4-2-3-5-17;/h6-7,12,15,17-18,20H,2-5,8-11,13-14H2,1H3,(H,33,34);/q;+1/p-1/t20-;/m0./s1. The van der Waals surface area contributed by atoms with Gasteiger partial charge in [0, 0.05) is 47.3 Å². The van der Waals surface area contributed by atoms with Gasteiger partial charge in [0.2, 0.25) is 0 Å². The van der Waals surface area contributed by atoms with Gasteiger partial charge in [-0.05, 0) is 68.6 Å². The molecular formula is C28H30ClN2NaO5. The van der Waals surface area contributed by atoms with Crippen LogP contribution >= 0.6 is 11.6 Å². The maximum atomic E-state index is 13.1. The molecule has 7 nitrogen and oxygen atoms in total. The first-order valence-corrected chi connectivity index (χ1v) is 13.2. The van der Waals surface area contributed by atoms with Gasteiger partial charge in [-0.3, -0.25) is 4.79 Å². The van der Waals surface area contributed by atoms with Crippen molar-refractivity contribution >= 4 is 23.4 Å². The van der Waals surface area contributed by atoms with E-state index >= 15 is 0 Å². The minimum Gasteiger partial charge on any atom is -0.550 e. The van der Waals surface area contributed by atoms with Crippen molar-refractivity contribution in [2.75, 3.05) is 0 Å². The summed E-state index contributed by atoms with van der Waals surface area (Å²) in [5.74, 6) is 0.534. The SMILES string of the molecule is Cc1ccc(CC(=O)C[C@H](CCC(=O)[O-])c2noc(-c3cc(C4CCCC4)on3)c2C2CC2)c(Cl)c1.[Na+]. The molecule has 0 unspecified atom stereocenters. The summed E-state index contributed by atoms with van der Waals surface area (Å²) in [6, 6.07) is 7.58. The molecule has 9 heteroatoms. The number of rotatable bonds is 11. The van der Waals surface area contributed by atoms with Crippen LogP contribution in [0, 0.1) is 6.92 Å². The zero-order chi connectivity index (χ0) is 25.2.